The monoisotopic (exact) mass is 98.1 g/mol. The molecule has 0 spiro atoms. The van der Waals surface area contributed by atoms with E-state index in [1.165, 1.54) is 9.80 Å². The number of hydrogen-bond donors (Lipinski definition) is 0. The molecule has 0 N–H and O–H groups in total. The van der Waals surface area contributed by atoms with Gasteiger partial charge in [0.2, 0.25) is 0 Å². The van der Waals surface area contributed by atoms with E-state index in [1.54, 1.807) is 0 Å². The van der Waals surface area contributed by atoms with Crippen LogP contribution in [0, 0.1) is 6.92 Å². The molecule has 0 heterocycles. The standard InChI is InChI=1S/C7H7.Li/c1-7-5-3-2-4-6-7;/h2-3,5-6H,1H3;. The molecule has 1 heteroatoms. The van der Waals surface area contributed by atoms with Gasteiger partial charge in [-0.15, -0.1) is 0 Å². The fourth-order valence-corrected chi connectivity index (χ4v) is 0.807. The molecule has 0 aliphatic carbocycles. The molecule has 0 saturated heterocycles. The van der Waals surface area contributed by atoms with Crippen molar-refractivity contribution in [2.75, 3.05) is 0 Å². The van der Waals surface area contributed by atoms with Crippen LogP contribution >= 0.6 is 0 Å². The molecule has 0 bridgehead atoms. The summed E-state index contributed by atoms with van der Waals surface area (Å²) in [7, 11) is 0. The molecule has 0 fully saturated rings. The number of rotatable bonds is 0. The van der Waals surface area contributed by atoms with Gasteiger partial charge < -0.3 is 0 Å². The van der Waals surface area contributed by atoms with Gasteiger partial charge in [0, 0.05) is 0 Å². The van der Waals surface area contributed by atoms with E-state index >= 15 is 0 Å². The molecule has 8 heavy (non-hydrogen) atoms. The van der Waals surface area contributed by atoms with Gasteiger partial charge in [0.15, 0.2) is 0 Å². The fourth-order valence-electron chi connectivity index (χ4n) is 0.807. The fraction of sp³-hybridized carbons (Fsp3) is 0.143. The minimum absolute atomic E-state index is 1.34. The van der Waals surface area contributed by atoms with Gasteiger partial charge in [-0.1, -0.05) is 0 Å². The molecular formula is C7H7Li. The van der Waals surface area contributed by atoms with Gasteiger partial charge in [-0.2, -0.15) is 0 Å². The summed E-state index contributed by atoms with van der Waals surface area (Å²) in [6.45, 7) is 2.10. The van der Waals surface area contributed by atoms with Crippen LogP contribution in [0.25, 0.3) is 0 Å². The Hall–Kier alpha value is -0.183. The third kappa shape index (κ3) is 1.40. The van der Waals surface area contributed by atoms with Crippen molar-refractivity contribution in [1.29, 1.82) is 0 Å². The summed E-state index contributed by atoms with van der Waals surface area (Å²) in [5.41, 5.74) is 1.34. The van der Waals surface area contributed by atoms with E-state index in [0.717, 1.165) is 0 Å². The van der Waals surface area contributed by atoms with Crippen LogP contribution < -0.4 is 4.24 Å². The van der Waals surface area contributed by atoms with Crippen LogP contribution in [0.3, 0.4) is 0 Å². The molecular weight excluding hydrogens is 91.0 g/mol. The molecule has 1 rings (SSSR count). The zero-order chi connectivity index (χ0) is 5.98. The Bertz CT molecular complexity index is 164. The Morgan fingerprint density at radius 3 is 2.50 bits per heavy atom. The van der Waals surface area contributed by atoms with Gasteiger partial charge in [0.1, 0.15) is 0 Å². The molecule has 1 aromatic rings. The van der Waals surface area contributed by atoms with Crippen LogP contribution in [0.5, 0.6) is 0 Å². The first-order valence-corrected chi connectivity index (χ1v) is 2.82. The molecule has 0 saturated carbocycles. The Morgan fingerprint density at radius 2 is 2.12 bits per heavy atom. The predicted octanol–water partition coefficient (Wildman–Crippen LogP) is 0.789. The van der Waals surface area contributed by atoms with Gasteiger partial charge in [0.25, 0.3) is 0 Å². The first-order chi connectivity index (χ1) is 3.79. The summed E-state index contributed by atoms with van der Waals surface area (Å²) in [6.07, 6.45) is 0. The summed E-state index contributed by atoms with van der Waals surface area (Å²) >= 11 is 2.10. The molecule has 0 nitrogen and oxygen atoms in total. The van der Waals surface area contributed by atoms with Crippen molar-refractivity contribution in [2.45, 2.75) is 6.92 Å². The summed E-state index contributed by atoms with van der Waals surface area (Å²) in [5.74, 6) is 0. The van der Waals surface area contributed by atoms with Crippen molar-refractivity contribution in [1.82, 2.24) is 0 Å². The average molecular weight is 98.1 g/mol. The second kappa shape index (κ2) is 2.39. The first kappa shape index (κ1) is 5.95. The minimum atomic E-state index is 1.34. The molecule has 1 aromatic carbocycles. The molecule has 0 radical (unpaired) electrons. The summed E-state index contributed by atoms with van der Waals surface area (Å²) < 4.78 is 1.34. The van der Waals surface area contributed by atoms with Crippen molar-refractivity contribution in [3.05, 3.63) is 29.8 Å². The molecule has 0 unspecified atom stereocenters. The molecule has 36 valence electrons. The van der Waals surface area contributed by atoms with Crippen LogP contribution in [0.2, 0.25) is 0 Å². The van der Waals surface area contributed by atoms with Crippen molar-refractivity contribution in [2.24, 2.45) is 0 Å². The van der Waals surface area contributed by atoms with Crippen molar-refractivity contribution >= 4 is 22.0 Å². The Morgan fingerprint density at radius 1 is 1.38 bits per heavy atom. The normalized spacial score (nSPS) is 9.38. The van der Waals surface area contributed by atoms with Gasteiger partial charge in [-0.3, -0.25) is 0 Å². The molecule has 0 amide bonds. The van der Waals surface area contributed by atoms with Gasteiger partial charge in [-0.25, -0.2) is 0 Å². The third-order valence-corrected chi connectivity index (χ3v) is 1.17. The van der Waals surface area contributed by atoms with Crippen molar-refractivity contribution in [3.8, 4) is 0 Å². The zero-order valence-corrected chi connectivity index (χ0v) is 5.31. The van der Waals surface area contributed by atoms with Gasteiger partial charge in [0.05, 0.1) is 0 Å². The number of benzene rings is 1. The van der Waals surface area contributed by atoms with E-state index < -0.39 is 0 Å². The predicted molar refractivity (Wildman–Crippen MR) is 36.6 cm³/mol. The SMILES string of the molecule is [Li][c]1cccc(C)c1. The number of aryl methyl sites for hydroxylation is 1. The van der Waals surface area contributed by atoms with Crippen LogP contribution in [-0.4, -0.2) is 17.7 Å². The summed E-state index contributed by atoms with van der Waals surface area (Å²) in [6, 6.07) is 8.45. The Kier molecular flexibility index (Phi) is 1.78. The molecule has 0 aromatic heterocycles. The van der Waals surface area contributed by atoms with Gasteiger partial charge >= 0.3 is 58.7 Å². The maximum atomic E-state index is 2.17. The topological polar surface area (TPSA) is 0 Å². The van der Waals surface area contributed by atoms with Crippen LogP contribution in [0.4, 0.5) is 0 Å². The molecule has 0 aliphatic heterocycles. The second-order valence-electron chi connectivity index (χ2n) is 2.16. The van der Waals surface area contributed by atoms with Crippen LogP contribution in [0.1, 0.15) is 5.56 Å². The van der Waals surface area contributed by atoms with Crippen molar-refractivity contribution in [3.63, 3.8) is 0 Å². The summed E-state index contributed by atoms with van der Waals surface area (Å²) in [5, 5.41) is 0. The number of hydrogen-bond acceptors (Lipinski definition) is 0. The summed E-state index contributed by atoms with van der Waals surface area (Å²) in [4.78, 5) is 0. The molecule has 0 aliphatic rings. The zero-order valence-electron chi connectivity index (χ0n) is 5.31. The Labute approximate surface area is 59.1 Å². The Balaban J connectivity index is 3.08. The average Bonchev–Trinajstić information content (AvgIpc) is 1.64. The van der Waals surface area contributed by atoms with E-state index in [1.807, 2.05) is 0 Å². The molecule has 0 atom stereocenters. The van der Waals surface area contributed by atoms with E-state index in [9.17, 15) is 0 Å². The van der Waals surface area contributed by atoms with E-state index in [4.69, 9.17) is 0 Å². The van der Waals surface area contributed by atoms with Crippen molar-refractivity contribution < 1.29 is 0 Å². The van der Waals surface area contributed by atoms with E-state index in [-0.39, 0.29) is 0 Å². The quantitative estimate of drug-likeness (QED) is 0.421. The maximum absolute atomic E-state index is 2.17. The van der Waals surface area contributed by atoms with E-state index in [0.29, 0.717) is 0 Å². The second-order valence-corrected chi connectivity index (χ2v) is 2.16. The van der Waals surface area contributed by atoms with Gasteiger partial charge in [-0.05, 0) is 0 Å². The van der Waals surface area contributed by atoms with Crippen LogP contribution in [-0.2, 0) is 0 Å². The first-order valence-electron chi connectivity index (χ1n) is 2.82. The van der Waals surface area contributed by atoms with Crippen LogP contribution in [0.15, 0.2) is 24.3 Å². The van der Waals surface area contributed by atoms with E-state index in [2.05, 4.69) is 48.9 Å². The third-order valence-electron chi connectivity index (χ3n) is 1.17.